The van der Waals surface area contributed by atoms with Crippen LogP contribution in [-0.4, -0.2) is 161 Å². The minimum Gasteiger partial charge on any atom is -0.379 e. The van der Waals surface area contributed by atoms with Crippen molar-refractivity contribution in [2.75, 3.05) is 151 Å². The van der Waals surface area contributed by atoms with Gasteiger partial charge in [0.1, 0.15) is 0 Å². The number of benzene rings is 4. The summed E-state index contributed by atoms with van der Waals surface area (Å²) >= 11 is 0. The standard InChI is InChI=1S/3C8H10.C7H13NO2.C7H8.C6H13NO.C5H12N2.2C5H11N.C4H10N2.C4H9N.5CH4/c3*1-2-8-6-4-3-5-7-8;1-3-8-4-2-7(1)9-5-6-10-7;1-7-5-3-2-4-6-7;1-2-7-3-5-8-6-4-7;1-2-6-4-5-7-3-1;2*1-2-4-6-5-3-1;1-2-6-4-3-5-1;1-2-4-5-3-1;;;;;/h3*3-7H,2H2,1H3;8H,1-6H2;2-6H,1H3;2-6H2,1H3;6-7H,1-5H2;2*6H,1-5H2;5-6H,1-4H2;5H,1-4H2;5*1H4. The maximum absolute atomic E-state index is 5.52. The van der Waals surface area contributed by atoms with Crippen molar-refractivity contribution in [2.45, 2.75) is 167 Å². The molecule has 8 fully saturated rings. The van der Waals surface area contributed by atoms with Crippen molar-refractivity contribution in [1.82, 2.24) is 47.4 Å². The Labute approximate surface area is 521 Å². The lowest BCUT2D eigenvalue weighted by molar-refractivity contribution is -0.172. The van der Waals surface area contributed by atoms with E-state index in [0.717, 1.165) is 124 Å². The molecule has 12 heteroatoms. The second-order valence-electron chi connectivity index (χ2n) is 20.5. The summed E-state index contributed by atoms with van der Waals surface area (Å²) < 4.78 is 16.2. The molecule has 84 heavy (non-hydrogen) atoms. The summed E-state index contributed by atoms with van der Waals surface area (Å²) in [6.07, 6.45) is 17.9. The highest BCUT2D eigenvalue weighted by Gasteiger charge is 2.37. The van der Waals surface area contributed by atoms with Gasteiger partial charge in [-0.1, -0.05) is 205 Å². The number of hydrogen-bond donors (Lipinski definition) is 8. The van der Waals surface area contributed by atoms with Gasteiger partial charge in [-0.2, -0.15) is 0 Å². The fraction of sp³-hybridized carbons (Fsp3) is 0.667. The van der Waals surface area contributed by atoms with Crippen molar-refractivity contribution < 1.29 is 14.2 Å². The summed E-state index contributed by atoms with van der Waals surface area (Å²) in [4.78, 5) is 2.39. The van der Waals surface area contributed by atoms with Gasteiger partial charge in [0.15, 0.2) is 5.79 Å². The third-order valence-electron chi connectivity index (χ3n) is 13.9. The van der Waals surface area contributed by atoms with Crippen molar-refractivity contribution in [2.24, 2.45) is 0 Å². The van der Waals surface area contributed by atoms with E-state index in [-0.39, 0.29) is 42.9 Å². The van der Waals surface area contributed by atoms with E-state index in [0.29, 0.717) is 0 Å². The zero-order valence-corrected chi connectivity index (χ0v) is 50.9. The van der Waals surface area contributed by atoms with Gasteiger partial charge in [-0.3, -0.25) is 4.90 Å². The molecule has 0 radical (unpaired) electrons. The molecule has 1 spiro atoms. The highest BCUT2D eigenvalue weighted by Crippen LogP contribution is 2.28. The summed E-state index contributed by atoms with van der Waals surface area (Å²) in [5.41, 5.74) is 5.55. The maximum Gasteiger partial charge on any atom is 0.170 e. The first-order chi connectivity index (χ1) is 39.0. The third kappa shape index (κ3) is 53.8. The van der Waals surface area contributed by atoms with Crippen LogP contribution < -0.4 is 42.5 Å². The van der Waals surface area contributed by atoms with Crippen LogP contribution in [0.25, 0.3) is 0 Å². The SMILES string of the molecule is C.C.C.C.C.C1CC2(CCN1)OCCO2.C1CCNC1.C1CCNCC1.C1CCNCC1.C1CNCCN1.C1CNCCNC1.CCN1CCOCC1.CCc1ccccc1.CCc1ccccc1.CCc1ccccc1.Cc1ccccc1. The Morgan fingerprint density at radius 3 is 0.833 bits per heavy atom. The number of piperazine rings is 1. The minimum absolute atomic E-state index is 0. The smallest absolute Gasteiger partial charge is 0.170 e. The van der Waals surface area contributed by atoms with Crippen LogP contribution >= 0.6 is 0 Å². The van der Waals surface area contributed by atoms with E-state index >= 15 is 0 Å². The van der Waals surface area contributed by atoms with Crippen LogP contribution in [0.2, 0.25) is 0 Å². The average Bonchev–Trinajstić information content (AvgIpc) is 4.29. The minimum atomic E-state index is -0.189. The van der Waals surface area contributed by atoms with Crippen LogP contribution in [0.3, 0.4) is 0 Å². The summed E-state index contributed by atoms with van der Waals surface area (Å²) in [5, 5.41) is 26.1. The van der Waals surface area contributed by atoms with Crippen molar-refractivity contribution in [3.8, 4) is 0 Å². The predicted molar refractivity (Wildman–Crippen MR) is 374 cm³/mol. The Balaban J connectivity index is -0.000000418. The first-order valence-electron chi connectivity index (χ1n) is 31.4. The lowest BCUT2D eigenvalue weighted by Gasteiger charge is -2.31. The largest absolute Gasteiger partial charge is 0.379 e. The van der Waals surface area contributed by atoms with E-state index in [9.17, 15) is 0 Å². The van der Waals surface area contributed by atoms with Gasteiger partial charge in [-0.25, -0.2) is 0 Å². The number of nitrogens with zero attached hydrogens (tertiary/aromatic N) is 1. The number of piperidine rings is 3. The van der Waals surface area contributed by atoms with Crippen molar-refractivity contribution in [1.29, 1.82) is 0 Å². The first-order valence-corrected chi connectivity index (χ1v) is 31.4. The Kier molecular flexibility index (Phi) is 69.2. The number of hydrogen-bond acceptors (Lipinski definition) is 12. The second-order valence-corrected chi connectivity index (χ2v) is 20.5. The normalized spacial score (nSPS) is 17.9. The predicted octanol–water partition coefficient (Wildman–Crippen LogP) is 13.0. The molecule has 0 aromatic heterocycles. The molecular formula is C72H137N9O3. The maximum atomic E-state index is 5.52. The van der Waals surface area contributed by atoms with Gasteiger partial charge in [0.25, 0.3) is 0 Å². The lowest BCUT2D eigenvalue weighted by Crippen LogP contribution is -2.42. The Hall–Kier alpha value is -3.60. The number of rotatable bonds is 4. The Morgan fingerprint density at radius 1 is 0.333 bits per heavy atom. The van der Waals surface area contributed by atoms with Gasteiger partial charge < -0.3 is 56.7 Å². The van der Waals surface area contributed by atoms with Gasteiger partial charge >= 0.3 is 0 Å². The Bertz CT molecular complexity index is 1580. The van der Waals surface area contributed by atoms with Gasteiger partial charge in [0.2, 0.25) is 0 Å². The summed E-state index contributed by atoms with van der Waals surface area (Å²) in [6.45, 7) is 36.3. The molecular weight excluding hydrogens is 1040 g/mol. The number of aryl methyl sites for hydroxylation is 4. The number of likely N-dealkylation sites (N-methyl/N-ethyl adjacent to an activating group) is 1. The van der Waals surface area contributed by atoms with Crippen LogP contribution in [0.1, 0.15) is 158 Å². The number of morpholine rings is 1. The summed E-state index contributed by atoms with van der Waals surface area (Å²) in [7, 11) is 0. The lowest BCUT2D eigenvalue weighted by atomic mass is 10.1. The average molecular weight is 1180 g/mol. The number of nitrogens with one attached hydrogen (secondary N) is 8. The van der Waals surface area contributed by atoms with E-state index < -0.39 is 0 Å². The molecule has 0 saturated carbocycles. The second kappa shape index (κ2) is 66.9. The van der Waals surface area contributed by atoms with Gasteiger partial charge in [-0.15, -0.1) is 0 Å². The topological polar surface area (TPSA) is 127 Å². The molecule has 12 nitrogen and oxygen atoms in total. The fourth-order valence-electron chi connectivity index (χ4n) is 8.78. The molecule has 0 bridgehead atoms. The van der Waals surface area contributed by atoms with E-state index in [1.54, 1.807) is 0 Å². The first kappa shape index (κ1) is 86.8. The van der Waals surface area contributed by atoms with E-state index in [1.165, 1.54) is 139 Å². The van der Waals surface area contributed by atoms with Gasteiger partial charge in [-0.05, 0) is 147 Å². The molecule has 0 atom stereocenters. The zero-order valence-electron chi connectivity index (χ0n) is 50.9. The summed E-state index contributed by atoms with van der Waals surface area (Å²) in [6, 6.07) is 41.6. The molecule has 4 aromatic rings. The molecule has 8 aliphatic heterocycles. The van der Waals surface area contributed by atoms with Crippen LogP contribution in [0.4, 0.5) is 0 Å². The highest BCUT2D eigenvalue weighted by atomic mass is 16.7. The molecule has 4 aromatic carbocycles. The quantitative estimate of drug-likeness (QED) is 0.0991. The third-order valence-corrected chi connectivity index (χ3v) is 13.9. The number of ether oxygens (including phenoxy) is 3. The van der Waals surface area contributed by atoms with E-state index in [4.69, 9.17) is 14.2 Å². The fourth-order valence-corrected chi connectivity index (χ4v) is 8.78. The molecule has 0 unspecified atom stereocenters. The van der Waals surface area contributed by atoms with Crippen molar-refractivity contribution in [3.05, 3.63) is 144 Å². The summed E-state index contributed by atoms with van der Waals surface area (Å²) in [5.74, 6) is -0.189. The van der Waals surface area contributed by atoms with Crippen molar-refractivity contribution in [3.63, 3.8) is 0 Å². The van der Waals surface area contributed by atoms with Crippen LogP contribution in [0, 0.1) is 6.92 Å². The van der Waals surface area contributed by atoms with E-state index in [2.05, 4.69) is 167 Å². The molecule has 8 saturated heterocycles. The molecule has 0 aliphatic carbocycles. The van der Waals surface area contributed by atoms with Crippen LogP contribution in [-0.2, 0) is 33.5 Å². The van der Waals surface area contributed by atoms with Crippen LogP contribution in [0.5, 0.6) is 0 Å². The van der Waals surface area contributed by atoms with Crippen LogP contribution in [0.15, 0.2) is 121 Å². The van der Waals surface area contributed by atoms with Crippen molar-refractivity contribution >= 4 is 0 Å². The zero-order chi connectivity index (χ0) is 56.5. The molecule has 0 amide bonds. The van der Waals surface area contributed by atoms with Gasteiger partial charge in [0, 0.05) is 78.3 Å². The monoisotopic (exact) mass is 1180 g/mol. The molecule has 8 N–H and O–H groups in total. The Morgan fingerprint density at radius 2 is 0.607 bits per heavy atom. The van der Waals surface area contributed by atoms with E-state index in [1.807, 2.05) is 36.4 Å². The highest BCUT2D eigenvalue weighted by molar-refractivity contribution is 5.15. The molecule has 8 aliphatic rings. The molecule has 488 valence electrons. The molecule has 8 heterocycles. The molecule has 12 rings (SSSR count). The van der Waals surface area contributed by atoms with Gasteiger partial charge in [0.05, 0.1) is 26.4 Å².